The Labute approximate surface area is 193 Å². The number of carbonyl (C=O) groups is 4. The number of piperazine rings is 1. The number of nitrogens with one attached hydrogen (secondary N) is 3. The quantitative estimate of drug-likeness (QED) is 0.187. The number of ether oxygens (including phenoxy) is 1. The van der Waals surface area contributed by atoms with E-state index in [1.165, 1.54) is 4.90 Å². The molecule has 3 amide bonds. The van der Waals surface area contributed by atoms with Crippen molar-refractivity contribution < 1.29 is 23.9 Å². The van der Waals surface area contributed by atoms with E-state index in [-0.39, 0.29) is 37.5 Å². The van der Waals surface area contributed by atoms with Gasteiger partial charge in [-0.3, -0.25) is 24.6 Å². The highest BCUT2D eigenvalue weighted by Gasteiger charge is 2.51. The number of amidine groups is 1. The van der Waals surface area contributed by atoms with E-state index in [2.05, 4.69) is 10.6 Å². The average molecular weight is 473 g/mol. The summed E-state index contributed by atoms with van der Waals surface area (Å²) in [7, 11) is 0. The van der Waals surface area contributed by atoms with E-state index in [4.69, 9.17) is 15.9 Å². The molecule has 0 aromatic heterocycles. The molecule has 0 radical (unpaired) electrons. The smallest absolute Gasteiger partial charge is 0.325 e. The van der Waals surface area contributed by atoms with Crippen molar-refractivity contribution >= 4 is 41.9 Å². The van der Waals surface area contributed by atoms with Crippen LogP contribution in [0.15, 0.2) is 0 Å². The highest BCUT2D eigenvalue weighted by atomic mass is 35.5. The number of carbonyl (C=O) groups excluding carboxylic acids is 4. The zero-order valence-electron chi connectivity index (χ0n) is 18.3. The monoisotopic (exact) mass is 472 g/mol. The van der Waals surface area contributed by atoms with Crippen molar-refractivity contribution in [3.05, 3.63) is 0 Å². The largest absolute Gasteiger partial charge is 0.465 e. The van der Waals surface area contributed by atoms with Crippen LogP contribution in [0.4, 0.5) is 0 Å². The predicted molar refractivity (Wildman–Crippen MR) is 118 cm³/mol. The minimum Gasteiger partial charge on any atom is -0.465 e. The van der Waals surface area contributed by atoms with Crippen molar-refractivity contribution in [1.82, 2.24) is 20.4 Å². The lowest BCUT2D eigenvalue weighted by molar-refractivity contribution is -0.164. The third kappa shape index (κ3) is 6.10. The fourth-order valence-corrected chi connectivity index (χ4v) is 4.23. The van der Waals surface area contributed by atoms with Crippen molar-refractivity contribution in [1.29, 1.82) is 5.41 Å². The predicted octanol–water partition coefficient (Wildman–Crippen LogP) is -1.16. The summed E-state index contributed by atoms with van der Waals surface area (Å²) in [6.45, 7) is 3.24. The number of halogens is 1. The standard InChI is InChI=1S/C20H32N6O5.ClH/c1-2-31-15(28)11-26-14(27)10-25(13-5-6-13)20(30)17(26)16(18(21)22)19(29)24-9-12-4-3-7-23-8-12;/h12-13,16-17,23H,2-11H2,1H3,(H3,21,22)(H,24,29);1H/t12?,16-,17-;/m0./s1. The van der Waals surface area contributed by atoms with Gasteiger partial charge in [0.1, 0.15) is 30.9 Å². The number of piperidine rings is 1. The number of esters is 1. The van der Waals surface area contributed by atoms with Crippen LogP contribution in [0.1, 0.15) is 32.6 Å². The summed E-state index contributed by atoms with van der Waals surface area (Å²) < 4.78 is 4.94. The third-order valence-electron chi connectivity index (χ3n) is 5.99. The van der Waals surface area contributed by atoms with Gasteiger partial charge in [-0.25, -0.2) is 0 Å². The maximum Gasteiger partial charge on any atom is 0.325 e. The van der Waals surface area contributed by atoms with Gasteiger partial charge in [-0.2, -0.15) is 0 Å². The molecule has 3 fully saturated rings. The second-order valence-electron chi connectivity index (χ2n) is 8.36. The van der Waals surface area contributed by atoms with E-state index in [0.717, 1.165) is 43.7 Å². The Hall–Kier alpha value is -2.40. The Balaban J connectivity index is 0.00000363. The molecule has 0 spiro atoms. The van der Waals surface area contributed by atoms with Crippen LogP contribution in [-0.2, 0) is 23.9 Å². The minimum atomic E-state index is -1.37. The van der Waals surface area contributed by atoms with Gasteiger partial charge in [0, 0.05) is 12.6 Å². The number of nitrogens with two attached hydrogens (primary N) is 1. The van der Waals surface area contributed by atoms with Gasteiger partial charge < -0.3 is 30.9 Å². The summed E-state index contributed by atoms with van der Waals surface area (Å²) in [5, 5.41) is 14.1. The molecule has 5 N–H and O–H groups in total. The molecular formula is C20H33ClN6O5. The Morgan fingerprint density at radius 3 is 2.59 bits per heavy atom. The van der Waals surface area contributed by atoms with E-state index in [1.807, 2.05) is 0 Å². The number of nitrogens with zero attached hydrogens (tertiary/aromatic N) is 2. The van der Waals surface area contributed by atoms with Crippen LogP contribution >= 0.6 is 12.4 Å². The summed E-state index contributed by atoms with van der Waals surface area (Å²) >= 11 is 0. The third-order valence-corrected chi connectivity index (χ3v) is 5.99. The van der Waals surface area contributed by atoms with Gasteiger partial charge in [-0.1, -0.05) is 0 Å². The first kappa shape index (κ1) is 25.9. The fraction of sp³-hybridized carbons (Fsp3) is 0.750. The number of hydrogen-bond donors (Lipinski definition) is 4. The lowest BCUT2D eigenvalue weighted by atomic mass is 9.91. The molecule has 3 rings (SSSR count). The summed E-state index contributed by atoms with van der Waals surface area (Å²) in [6, 6.07) is -1.39. The molecule has 3 atom stereocenters. The lowest BCUT2D eigenvalue weighted by Crippen LogP contribution is -2.67. The van der Waals surface area contributed by atoms with Crippen LogP contribution in [0.3, 0.4) is 0 Å². The Morgan fingerprint density at radius 2 is 2.03 bits per heavy atom. The van der Waals surface area contributed by atoms with E-state index < -0.39 is 48.0 Å². The maximum absolute atomic E-state index is 13.3. The van der Waals surface area contributed by atoms with Gasteiger partial charge in [-0.15, -0.1) is 12.4 Å². The van der Waals surface area contributed by atoms with Crippen LogP contribution in [-0.4, -0.2) is 90.7 Å². The molecular weight excluding hydrogens is 440 g/mol. The van der Waals surface area contributed by atoms with Crippen LogP contribution < -0.4 is 16.4 Å². The second kappa shape index (κ2) is 11.5. The molecule has 1 saturated carbocycles. The van der Waals surface area contributed by atoms with E-state index in [9.17, 15) is 19.2 Å². The van der Waals surface area contributed by atoms with Crippen molar-refractivity contribution in [3.8, 4) is 0 Å². The first-order valence-corrected chi connectivity index (χ1v) is 10.9. The minimum absolute atomic E-state index is 0. The average Bonchev–Trinajstić information content (AvgIpc) is 3.57. The van der Waals surface area contributed by atoms with Gasteiger partial charge >= 0.3 is 5.97 Å². The number of rotatable bonds is 9. The summed E-state index contributed by atoms with van der Waals surface area (Å²) in [6.07, 6.45) is 3.55. The molecule has 12 heteroatoms. The van der Waals surface area contributed by atoms with Crippen LogP contribution in [0.2, 0.25) is 0 Å². The van der Waals surface area contributed by atoms with E-state index >= 15 is 0 Å². The Bertz CT molecular complexity index is 740. The lowest BCUT2D eigenvalue weighted by Gasteiger charge is -2.42. The molecule has 180 valence electrons. The Morgan fingerprint density at radius 1 is 1.31 bits per heavy atom. The normalized spacial score (nSPS) is 24.4. The molecule has 2 aliphatic heterocycles. The molecule has 0 bridgehead atoms. The van der Waals surface area contributed by atoms with Gasteiger partial charge in [0.25, 0.3) is 0 Å². The maximum atomic E-state index is 13.3. The topological polar surface area (TPSA) is 158 Å². The number of amides is 3. The van der Waals surface area contributed by atoms with Crippen LogP contribution in [0.5, 0.6) is 0 Å². The van der Waals surface area contributed by atoms with Gasteiger partial charge in [0.2, 0.25) is 17.7 Å². The van der Waals surface area contributed by atoms with E-state index in [1.54, 1.807) is 6.92 Å². The van der Waals surface area contributed by atoms with Gasteiger partial charge in [0.15, 0.2) is 0 Å². The molecule has 3 aliphatic rings. The van der Waals surface area contributed by atoms with Crippen molar-refractivity contribution in [2.75, 3.05) is 39.3 Å². The van der Waals surface area contributed by atoms with Gasteiger partial charge in [0.05, 0.1) is 6.61 Å². The molecule has 1 unspecified atom stereocenters. The highest BCUT2D eigenvalue weighted by molar-refractivity contribution is 6.09. The highest BCUT2D eigenvalue weighted by Crippen LogP contribution is 2.32. The first-order valence-electron chi connectivity index (χ1n) is 10.9. The van der Waals surface area contributed by atoms with Crippen molar-refractivity contribution in [2.24, 2.45) is 17.6 Å². The molecule has 32 heavy (non-hydrogen) atoms. The first-order chi connectivity index (χ1) is 14.8. The molecule has 11 nitrogen and oxygen atoms in total. The molecule has 2 saturated heterocycles. The zero-order valence-corrected chi connectivity index (χ0v) is 19.1. The number of hydrogen-bond acceptors (Lipinski definition) is 7. The summed E-state index contributed by atoms with van der Waals surface area (Å²) in [4.78, 5) is 53.8. The zero-order chi connectivity index (χ0) is 22.5. The van der Waals surface area contributed by atoms with Crippen molar-refractivity contribution in [2.45, 2.75) is 44.7 Å². The molecule has 1 aliphatic carbocycles. The van der Waals surface area contributed by atoms with Crippen molar-refractivity contribution in [3.63, 3.8) is 0 Å². The SMILES string of the molecule is CCOC(=O)CN1C(=O)CN(C2CC2)C(=O)[C@@H]1[C@@H](C(=N)N)C(=O)NCC1CCCNC1.Cl. The summed E-state index contributed by atoms with van der Waals surface area (Å²) in [5.41, 5.74) is 5.76. The Kier molecular flexibility index (Phi) is 9.26. The summed E-state index contributed by atoms with van der Waals surface area (Å²) in [5.74, 6) is -3.82. The molecule has 0 aromatic carbocycles. The molecule has 0 aromatic rings. The molecule has 2 heterocycles. The van der Waals surface area contributed by atoms with Crippen LogP contribution in [0, 0.1) is 17.2 Å². The van der Waals surface area contributed by atoms with E-state index in [0.29, 0.717) is 6.54 Å². The second-order valence-corrected chi connectivity index (χ2v) is 8.36. The van der Waals surface area contributed by atoms with Crippen LogP contribution in [0.25, 0.3) is 0 Å². The van der Waals surface area contributed by atoms with Gasteiger partial charge in [-0.05, 0) is 51.6 Å². The fourth-order valence-electron chi connectivity index (χ4n) is 4.23.